The second-order valence-electron chi connectivity index (χ2n) is 5.84. The fraction of sp³-hybridized carbons (Fsp3) is 0. The third-order valence-corrected chi connectivity index (χ3v) is 3.74. The Morgan fingerprint density at radius 3 is 1.22 bits per heavy atom. The van der Waals surface area contributed by atoms with E-state index in [-0.39, 0.29) is 0 Å². The predicted octanol–water partition coefficient (Wildman–Crippen LogP) is -0.460. The molecule has 2 aromatic heterocycles. The van der Waals surface area contributed by atoms with Crippen LogP contribution in [0.2, 0.25) is 0 Å². The van der Waals surface area contributed by atoms with Crippen molar-refractivity contribution in [3.8, 4) is 0 Å². The summed E-state index contributed by atoms with van der Waals surface area (Å²) in [5, 5.41) is 46.8. The van der Waals surface area contributed by atoms with Crippen LogP contribution in [-0.4, -0.2) is 34.1 Å². The summed E-state index contributed by atoms with van der Waals surface area (Å²) in [6.45, 7) is 0. The van der Waals surface area contributed by atoms with Gasteiger partial charge in [-0.05, 0) is 12.1 Å². The molecule has 0 saturated carbocycles. The highest BCUT2D eigenvalue weighted by Gasteiger charge is 2.19. The number of hydrogen-bond acceptors (Lipinski definition) is 8. The van der Waals surface area contributed by atoms with Crippen molar-refractivity contribution in [1.82, 2.24) is 0 Å². The molecule has 0 aliphatic heterocycles. The largest absolute Gasteiger partial charge is 0.545 e. The minimum atomic E-state index is -1.94. The van der Waals surface area contributed by atoms with E-state index in [2.05, 4.69) is 20.2 Å². The number of azo groups is 1. The van der Waals surface area contributed by atoms with E-state index in [1.165, 1.54) is 0 Å². The fourth-order valence-electron chi connectivity index (χ4n) is 2.30. The highest BCUT2D eigenvalue weighted by molar-refractivity contribution is 6.08. The highest BCUT2D eigenvalue weighted by Crippen LogP contribution is 2.17. The molecule has 0 bridgehead atoms. The smallest absolute Gasteiger partial charge is 0.336 e. The summed E-state index contributed by atoms with van der Waals surface area (Å²) >= 11 is 0. The van der Waals surface area contributed by atoms with Gasteiger partial charge in [-0.15, -0.1) is 0 Å². The van der Waals surface area contributed by atoms with Crippen LogP contribution < -0.4 is 20.2 Å². The zero-order valence-electron chi connectivity index (χ0n) is 16.0. The van der Waals surface area contributed by atoms with Crippen LogP contribution in [0.25, 0.3) is 0 Å². The van der Waals surface area contributed by atoms with Crippen molar-refractivity contribution >= 4 is 35.3 Å². The lowest BCUT2D eigenvalue weighted by Gasteiger charge is -2.13. The summed E-state index contributed by atoms with van der Waals surface area (Å²) in [6, 6.07) is 8.26. The van der Waals surface area contributed by atoms with Gasteiger partial charge in [-0.3, -0.25) is 0 Å². The third kappa shape index (κ3) is 6.25. The number of aromatic carboxylic acids is 4. The van der Waals surface area contributed by atoms with Crippen LogP contribution in [0, 0.1) is 0 Å². The second-order valence-corrected chi connectivity index (χ2v) is 5.84. The van der Waals surface area contributed by atoms with E-state index in [4.69, 9.17) is 10.2 Å². The lowest BCUT2D eigenvalue weighted by Crippen LogP contribution is -2.29. The zero-order chi connectivity index (χ0) is 23.7. The van der Waals surface area contributed by atoms with Crippen molar-refractivity contribution in [1.29, 1.82) is 0 Å². The molecule has 0 spiro atoms. The molecule has 162 valence electrons. The average Bonchev–Trinajstić information content (AvgIpc) is 2.78. The number of H-pyrrole nitrogens is 2. The molecule has 12 heteroatoms. The van der Waals surface area contributed by atoms with Crippen LogP contribution in [0.1, 0.15) is 41.4 Å². The van der Waals surface area contributed by atoms with Crippen molar-refractivity contribution in [3.05, 3.63) is 83.4 Å². The molecule has 0 aliphatic rings. The van der Waals surface area contributed by atoms with Gasteiger partial charge in [0.1, 0.15) is 0 Å². The summed E-state index contributed by atoms with van der Waals surface area (Å²) in [5.41, 5.74) is -1.97. The monoisotopic (exact) mass is 438 g/mol. The van der Waals surface area contributed by atoms with Gasteiger partial charge in [0.25, 0.3) is 0 Å². The van der Waals surface area contributed by atoms with Gasteiger partial charge < -0.3 is 30.0 Å². The molecule has 0 atom stereocenters. The lowest BCUT2D eigenvalue weighted by atomic mass is 9.98. The van der Waals surface area contributed by atoms with Crippen molar-refractivity contribution in [2.45, 2.75) is 0 Å². The molecule has 0 unspecified atom stereocenters. The molecule has 0 aliphatic carbocycles. The maximum absolute atomic E-state index is 10.7. The van der Waals surface area contributed by atoms with Crippen LogP contribution in [0.4, 0.5) is 11.4 Å². The number of benzene rings is 1. The molecule has 1 aromatic carbocycles. The van der Waals surface area contributed by atoms with E-state index in [0.29, 0.717) is 12.1 Å². The highest BCUT2D eigenvalue weighted by atomic mass is 16.4. The molecule has 0 saturated heterocycles. The number of aromatic nitrogens is 2. The average molecular weight is 438 g/mol. The topological polar surface area (TPSA) is 208 Å². The first kappa shape index (κ1) is 23.3. The number of carbonyl (C=O) groups is 4. The normalized spacial score (nSPS) is 10.1. The van der Waals surface area contributed by atoms with Crippen LogP contribution in [-0.2, 0) is 0 Å². The minimum absolute atomic E-state index is 0.386. The van der Waals surface area contributed by atoms with E-state index in [1.54, 1.807) is 0 Å². The molecule has 0 radical (unpaired) electrons. The Morgan fingerprint density at radius 2 is 0.938 bits per heavy atom. The first-order chi connectivity index (χ1) is 15.2. The number of pyridine rings is 2. The van der Waals surface area contributed by atoms with Gasteiger partial charge in [-0.25, -0.2) is 19.6 Å². The first-order valence-corrected chi connectivity index (χ1v) is 8.62. The maximum Gasteiger partial charge on any atom is 0.336 e. The van der Waals surface area contributed by atoms with Crippen LogP contribution in [0.3, 0.4) is 0 Å². The minimum Gasteiger partial charge on any atom is -0.545 e. The number of nitrogens with one attached hydrogen (secondary N) is 2. The summed E-state index contributed by atoms with van der Waals surface area (Å²) < 4.78 is 0. The number of nitrogens with zero attached hydrogens (tertiary/aromatic N) is 2. The van der Waals surface area contributed by atoms with Gasteiger partial charge >= 0.3 is 11.9 Å². The standard InChI is InChI=1S/C10H8N4.C10H6O8/c1-5-11-6-2-9(1)13-14-10-3-7-12-8-4-10;11-7(12)3-1-4(8(13)14)6(10(17)18)2-5(3)9(15)16/h1-8H;1-2H,(H,11,12)(H,13,14)(H,15,16)(H,17,18). The Morgan fingerprint density at radius 1 is 0.625 bits per heavy atom. The molecule has 4 N–H and O–H groups in total. The molecular formula is C20H14N4O8. The van der Waals surface area contributed by atoms with Crippen LogP contribution in [0.5, 0.6) is 0 Å². The molecule has 32 heavy (non-hydrogen) atoms. The van der Waals surface area contributed by atoms with Gasteiger partial charge in [-0.1, -0.05) is 0 Å². The second kappa shape index (κ2) is 10.7. The third-order valence-electron chi connectivity index (χ3n) is 3.74. The Labute approximate surface area is 179 Å². The predicted molar refractivity (Wildman–Crippen MR) is 99.2 cm³/mol. The van der Waals surface area contributed by atoms with E-state index in [9.17, 15) is 29.4 Å². The quantitative estimate of drug-likeness (QED) is 0.480. The van der Waals surface area contributed by atoms with E-state index < -0.39 is 46.1 Å². The SMILES string of the molecule is O=C([O-])c1cc(C(=O)[O-])c(C(=O)O)cc1C(=O)O.c1cc(N=Nc2cc[nH+]cc2)cc[nH+]1. The number of aromatic amines is 2. The van der Waals surface area contributed by atoms with Gasteiger partial charge in [0.05, 0.1) is 34.4 Å². The van der Waals surface area contributed by atoms with Gasteiger partial charge in [0, 0.05) is 35.4 Å². The molecule has 0 fully saturated rings. The Kier molecular flexibility index (Phi) is 7.77. The summed E-state index contributed by atoms with van der Waals surface area (Å²) in [7, 11) is 0. The number of carbonyl (C=O) groups excluding carboxylic acids is 2. The molecule has 3 rings (SSSR count). The fourth-order valence-corrected chi connectivity index (χ4v) is 2.30. The summed E-state index contributed by atoms with van der Waals surface area (Å²) in [6.07, 6.45) is 7.25. The number of rotatable bonds is 6. The number of hydrogen-bond donors (Lipinski definition) is 2. The Hall–Kier alpha value is -5.00. The zero-order valence-corrected chi connectivity index (χ0v) is 16.0. The number of carboxylic acid groups (broad SMARTS) is 4. The van der Waals surface area contributed by atoms with Gasteiger partial charge in [0.15, 0.2) is 24.8 Å². The summed E-state index contributed by atoms with van der Waals surface area (Å²) in [5.74, 6) is -7.32. The molecular weight excluding hydrogens is 424 g/mol. The van der Waals surface area contributed by atoms with E-state index >= 15 is 0 Å². The molecule has 12 nitrogen and oxygen atoms in total. The van der Waals surface area contributed by atoms with Crippen molar-refractivity contribution in [2.75, 3.05) is 0 Å². The van der Waals surface area contributed by atoms with E-state index in [0.717, 1.165) is 11.4 Å². The number of carboxylic acids is 4. The summed E-state index contributed by atoms with van der Waals surface area (Å²) in [4.78, 5) is 48.6. The van der Waals surface area contributed by atoms with Crippen molar-refractivity contribution < 1.29 is 49.6 Å². The van der Waals surface area contributed by atoms with Crippen molar-refractivity contribution in [3.63, 3.8) is 0 Å². The van der Waals surface area contributed by atoms with Gasteiger partial charge in [0.2, 0.25) is 0 Å². The van der Waals surface area contributed by atoms with Gasteiger partial charge in [-0.2, -0.15) is 10.2 Å². The maximum atomic E-state index is 10.7. The molecule has 2 heterocycles. The van der Waals surface area contributed by atoms with E-state index in [1.807, 2.05) is 49.1 Å². The van der Waals surface area contributed by atoms with Crippen LogP contribution in [0.15, 0.2) is 71.4 Å². The van der Waals surface area contributed by atoms with Crippen molar-refractivity contribution in [2.24, 2.45) is 10.2 Å². The Bertz CT molecular complexity index is 1040. The van der Waals surface area contributed by atoms with Crippen LogP contribution >= 0.6 is 0 Å². The first-order valence-electron chi connectivity index (χ1n) is 8.62. The molecule has 3 aromatic rings. The molecule has 0 amide bonds. The Balaban J connectivity index is 0.000000233. The lowest BCUT2D eigenvalue weighted by molar-refractivity contribution is -0.378.